The monoisotopic (exact) mass is 531 g/mol. The summed E-state index contributed by atoms with van der Waals surface area (Å²) in [5.74, 6) is 0.336. The Hall–Kier alpha value is -2.15. The highest BCUT2D eigenvalue weighted by atomic mass is 35.5. The number of carbonyl (C=O) groups is 2. The van der Waals surface area contributed by atoms with Gasteiger partial charge in [0.1, 0.15) is 5.83 Å². The molecule has 35 heavy (non-hydrogen) atoms. The predicted molar refractivity (Wildman–Crippen MR) is 151 cm³/mol. The first-order valence-corrected chi connectivity index (χ1v) is 12.1. The summed E-state index contributed by atoms with van der Waals surface area (Å²) in [6.07, 6.45) is 12.9. The van der Waals surface area contributed by atoms with Gasteiger partial charge >= 0.3 is 0 Å². The molecule has 3 N–H and O–H groups in total. The SMILES string of the molecule is C=C/C(Cl)=C\C=C/C.CC(C)(C)C.CNC=O.C\C(=C/C(Cl)=C(F)\C=C\[C@@H]1CNC[C@@H]1C)NC=O. The molecule has 8 heteroatoms. The van der Waals surface area contributed by atoms with Crippen molar-refractivity contribution >= 4 is 36.0 Å². The minimum atomic E-state index is -0.497. The molecule has 200 valence electrons. The zero-order valence-corrected chi connectivity index (χ0v) is 23.9. The van der Waals surface area contributed by atoms with Crippen LogP contribution in [0, 0.1) is 17.3 Å². The third-order valence-electron chi connectivity index (χ3n) is 3.69. The van der Waals surface area contributed by atoms with Gasteiger partial charge in [0, 0.05) is 24.3 Å². The largest absolute Gasteiger partial charge is 0.362 e. The van der Waals surface area contributed by atoms with Crippen molar-refractivity contribution in [1.29, 1.82) is 0 Å². The van der Waals surface area contributed by atoms with E-state index in [4.69, 9.17) is 28.0 Å². The van der Waals surface area contributed by atoms with Crippen molar-refractivity contribution in [3.63, 3.8) is 0 Å². The van der Waals surface area contributed by atoms with Gasteiger partial charge in [-0.3, -0.25) is 9.59 Å². The molecule has 0 aliphatic carbocycles. The Morgan fingerprint density at radius 1 is 1.14 bits per heavy atom. The first kappa shape index (κ1) is 37.4. The molecule has 2 atom stereocenters. The van der Waals surface area contributed by atoms with Gasteiger partial charge in [0.05, 0.1) is 5.03 Å². The number of allylic oxidation sites excluding steroid dienone is 10. The van der Waals surface area contributed by atoms with E-state index in [1.807, 2.05) is 25.2 Å². The van der Waals surface area contributed by atoms with Crippen LogP contribution in [0.5, 0.6) is 0 Å². The van der Waals surface area contributed by atoms with Gasteiger partial charge < -0.3 is 16.0 Å². The molecule has 0 unspecified atom stereocenters. The van der Waals surface area contributed by atoms with E-state index in [1.54, 1.807) is 26.1 Å². The van der Waals surface area contributed by atoms with Gasteiger partial charge in [-0.05, 0) is 55.9 Å². The molecule has 1 aliphatic rings. The van der Waals surface area contributed by atoms with Crippen molar-refractivity contribution < 1.29 is 14.0 Å². The quantitative estimate of drug-likeness (QED) is 0.239. The maximum atomic E-state index is 13.7. The lowest BCUT2D eigenvalue weighted by atomic mass is 9.98. The first-order chi connectivity index (χ1) is 16.3. The lowest BCUT2D eigenvalue weighted by Crippen LogP contribution is -2.07. The first-order valence-electron chi connectivity index (χ1n) is 11.3. The Bertz CT molecular complexity index is 746. The second-order valence-electron chi connectivity index (χ2n) is 9.13. The van der Waals surface area contributed by atoms with E-state index in [0.29, 0.717) is 40.8 Å². The predicted octanol–water partition coefficient (Wildman–Crippen LogP) is 6.75. The molecule has 1 fully saturated rings. The van der Waals surface area contributed by atoms with E-state index in [1.165, 1.54) is 12.2 Å². The van der Waals surface area contributed by atoms with Crippen molar-refractivity contribution in [3.8, 4) is 0 Å². The van der Waals surface area contributed by atoms with E-state index in [9.17, 15) is 9.18 Å². The van der Waals surface area contributed by atoms with Crippen LogP contribution in [-0.4, -0.2) is 33.0 Å². The summed E-state index contributed by atoms with van der Waals surface area (Å²) < 4.78 is 13.7. The Labute approximate surface area is 222 Å². The molecule has 0 aromatic carbocycles. The molecule has 0 saturated carbocycles. The van der Waals surface area contributed by atoms with Crippen molar-refractivity contribution in [2.24, 2.45) is 17.3 Å². The summed E-state index contributed by atoms with van der Waals surface area (Å²) in [6, 6.07) is 0. The summed E-state index contributed by atoms with van der Waals surface area (Å²) in [5.41, 5.74) is 0.995. The van der Waals surface area contributed by atoms with Crippen LogP contribution in [0.1, 0.15) is 48.5 Å². The van der Waals surface area contributed by atoms with E-state index < -0.39 is 5.83 Å². The number of carbonyl (C=O) groups excluding carboxylic acids is 2. The number of hydrogen-bond donors (Lipinski definition) is 3. The molecule has 1 saturated heterocycles. The van der Waals surface area contributed by atoms with Gasteiger partial charge in [0.2, 0.25) is 12.8 Å². The lowest BCUT2D eigenvalue weighted by molar-refractivity contribution is -0.109. The van der Waals surface area contributed by atoms with E-state index in [0.717, 1.165) is 13.1 Å². The molecule has 5 nitrogen and oxygen atoms in total. The fraction of sp³-hybridized carbons (Fsp3) is 0.481. The highest BCUT2D eigenvalue weighted by Crippen LogP contribution is 2.20. The van der Waals surface area contributed by atoms with E-state index in [2.05, 4.69) is 57.1 Å². The highest BCUT2D eigenvalue weighted by Gasteiger charge is 2.20. The maximum absolute atomic E-state index is 13.7. The molecule has 1 heterocycles. The standard InChI is InChI=1S/C13H18ClFN2O.C7H9Cl.C5H12.C2H5NO/c1-9-6-16-7-11(9)3-4-13(15)12(14)5-10(2)17-8-18;1-3-5-6-7(8)4-2;1-5(2,3)4;1-3-2-4/h3-5,8-9,11,16H,6-7H2,1-2H3,(H,17,18);3-6H,2H2,1H3;1-4H3;2H,1H3,(H,3,4)/b4-3+,10-5+,13-12-;5-3-,7-6+;;/t9-,11+;;;/m0.../s1. The summed E-state index contributed by atoms with van der Waals surface area (Å²) in [4.78, 5) is 19.2. The molecule has 0 aromatic rings. The van der Waals surface area contributed by atoms with Crippen LogP contribution >= 0.6 is 23.2 Å². The Morgan fingerprint density at radius 3 is 2.06 bits per heavy atom. The van der Waals surface area contributed by atoms with Crippen LogP contribution in [0.2, 0.25) is 0 Å². The van der Waals surface area contributed by atoms with Crippen molar-refractivity contribution in [2.45, 2.75) is 48.5 Å². The molecule has 1 rings (SSSR count). The van der Waals surface area contributed by atoms with Crippen molar-refractivity contribution in [3.05, 3.63) is 70.7 Å². The third-order valence-corrected chi connectivity index (χ3v) is 4.26. The number of hydrogen-bond acceptors (Lipinski definition) is 3. The fourth-order valence-electron chi connectivity index (χ4n) is 2.03. The van der Waals surface area contributed by atoms with Gasteiger partial charge in [-0.1, -0.05) is 88.7 Å². The minimum absolute atomic E-state index is 0.0169. The summed E-state index contributed by atoms with van der Waals surface area (Å²) in [7, 11) is 1.56. The molecule has 0 radical (unpaired) electrons. The van der Waals surface area contributed by atoms with Gasteiger partial charge in [-0.15, -0.1) is 0 Å². The second kappa shape index (κ2) is 23.6. The zero-order valence-electron chi connectivity index (χ0n) is 22.4. The smallest absolute Gasteiger partial charge is 0.211 e. The molecule has 0 spiro atoms. The molecule has 2 amide bonds. The van der Waals surface area contributed by atoms with Crippen molar-refractivity contribution in [2.75, 3.05) is 20.1 Å². The van der Waals surface area contributed by atoms with Crippen molar-refractivity contribution in [1.82, 2.24) is 16.0 Å². The summed E-state index contributed by atoms with van der Waals surface area (Å²) >= 11 is 11.3. The van der Waals surface area contributed by atoms with Gasteiger partial charge in [-0.2, -0.15) is 0 Å². The molecular weight excluding hydrogens is 488 g/mol. The number of rotatable bonds is 8. The van der Waals surface area contributed by atoms with E-state index >= 15 is 0 Å². The van der Waals surface area contributed by atoms with Crippen LogP contribution in [0.25, 0.3) is 0 Å². The Kier molecular flexibility index (Phi) is 25.2. The highest BCUT2D eigenvalue weighted by molar-refractivity contribution is 6.31. The van der Waals surface area contributed by atoms with E-state index in [-0.39, 0.29) is 5.03 Å². The maximum Gasteiger partial charge on any atom is 0.211 e. The van der Waals surface area contributed by atoms with Gasteiger partial charge in [0.15, 0.2) is 0 Å². The molecule has 1 aliphatic heterocycles. The molecule has 0 bridgehead atoms. The Morgan fingerprint density at radius 2 is 1.69 bits per heavy atom. The summed E-state index contributed by atoms with van der Waals surface area (Å²) in [5, 5.41) is 8.54. The van der Waals surface area contributed by atoms with Crippen LogP contribution in [0.3, 0.4) is 0 Å². The number of nitrogens with one attached hydrogen (secondary N) is 3. The second-order valence-corrected chi connectivity index (χ2v) is 9.98. The van der Waals surface area contributed by atoms with Gasteiger partial charge in [-0.25, -0.2) is 4.39 Å². The molecule has 0 aromatic heterocycles. The average molecular weight is 533 g/mol. The van der Waals surface area contributed by atoms with Gasteiger partial charge in [0.25, 0.3) is 0 Å². The third kappa shape index (κ3) is 29.8. The summed E-state index contributed by atoms with van der Waals surface area (Å²) in [6.45, 7) is 19.7. The Balaban J connectivity index is -0.000000495. The van der Waals surface area contributed by atoms with Crippen LogP contribution < -0.4 is 16.0 Å². The average Bonchev–Trinajstić information content (AvgIpc) is 3.19. The van der Waals surface area contributed by atoms with Crippen LogP contribution in [-0.2, 0) is 9.59 Å². The molecular formula is C27H44Cl2FN3O2. The zero-order chi connectivity index (χ0) is 27.9. The normalized spacial score (nSPS) is 18.7. The topological polar surface area (TPSA) is 70.2 Å². The number of halogens is 3. The minimum Gasteiger partial charge on any atom is -0.362 e. The fourth-order valence-corrected chi connectivity index (χ4v) is 2.32. The lowest BCUT2D eigenvalue weighted by Gasteiger charge is -2.07. The van der Waals surface area contributed by atoms with Crippen LogP contribution in [0.15, 0.2) is 70.7 Å². The number of amides is 2. The van der Waals surface area contributed by atoms with Crippen LogP contribution in [0.4, 0.5) is 4.39 Å².